The second-order valence-electron chi connectivity index (χ2n) is 3.55. The third kappa shape index (κ3) is 1.99. The molecule has 1 aliphatic heterocycles. The number of rotatable bonds is 6. The predicted octanol–water partition coefficient (Wildman–Crippen LogP) is 2.66. The number of unbranched alkanes of at least 4 members (excludes halogenated alkanes) is 3. The Morgan fingerprint density at radius 1 is 1.25 bits per heavy atom. The number of cyclic esters (lactones) is 1. The fourth-order valence-electron chi connectivity index (χ4n) is 1.54. The predicted molar refractivity (Wildman–Crippen MR) is 47.9 cm³/mol. The van der Waals surface area contributed by atoms with Crippen LogP contribution in [-0.2, 0) is 9.53 Å². The van der Waals surface area contributed by atoms with Gasteiger partial charge in [0.05, 0.1) is 0 Å². The first-order valence-electron chi connectivity index (χ1n) is 4.98. The van der Waals surface area contributed by atoms with E-state index in [2.05, 4.69) is 6.92 Å². The van der Waals surface area contributed by atoms with Gasteiger partial charge in [-0.3, -0.25) is 0 Å². The summed E-state index contributed by atoms with van der Waals surface area (Å²) in [6.07, 6.45) is 6.66. The lowest BCUT2D eigenvalue weighted by Crippen LogP contribution is -2.10. The quantitative estimate of drug-likeness (QED) is 0.453. The maximum atomic E-state index is 10.9. The normalized spacial score (nSPS) is 27.0. The zero-order chi connectivity index (χ0) is 9.03. The summed E-state index contributed by atoms with van der Waals surface area (Å²) in [5, 5.41) is 0. The van der Waals surface area contributed by atoms with E-state index in [1.54, 1.807) is 0 Å². The Kier molecular flexibility index (Phi) is 3.12. The van der Waals surface area contributed by atoms with Gasteiger partial charge in [-0.15, -0.1) is 0 Å². The molecule has 1 heterocycles. The van der Waals surface area contributed by atoms with Crippen molar-refractivity contribution >= 4 is 5.97 Å². The zero-order valence-electron chi connectivity index (χ0n) is 8.06. The van der Waals surface area contributed by atoms with E-state index in [0.29, 0.717) is 0 Å². The summed E-state index contributed by atoms with van der Waals surface area (Å²) in [4.78, 5) is 10.9. The molecule has 1 rings (SSSR count). The summed E-state index contributed by atoms with van der Waals surface area (Å²) in [6, 6.07) is 0. The number of hydrogen-bond donors (Lipinski definition) is 0. The van der Waals surface area contributed by atoms with Gasteiger partial charge in [0.25, 0.3) is 0 Å². The highest BCUT2D eigenvalue weighted by atomic mass is 16.7. The molecule has 1 saturated heterocycles. The third-order valence-electron chi connectivity index (χ3n) is 2.62. The molecule has 0 aliphatic carbocycles. The minimum atomic E-state index is -0.340. The van der Waals surface area contributed by atoms with Crippen LogP contribution in [-0.4, -0.2) is 11.6 Å². The molecule has 0 amide bonds. The Morgan fingerprint density at radius 3 is 2.33 bits per heavy atom. The first-order chi connectivity index (χ1) is 5.75. The molecule has 0 saturated carbocycles. The van der Waals surface area contributed by atoms with Crippen LogP contribution in [0.2, 0.25) is 0 Å². The van der Waals surface area contributed by atoms with Crippen molar-refractivity contribution in [3.05, 3.63) is 0 Å². The van der Waals surface area contributed by atoms with Crippen molar-refractivity contribution < 1.29 is 9.53 Å². The molecule has 1 fully saturated rings. The average molecular weight is 170 g/mol. The van der Waals surface area contributed by atoms with E-state index in [1.807, 2.05) is 6.92 Å². The standard InChI is InChI=1S/C10H18O2/c1-3-5-6-7-8-10(4-2)9(11)12-10/h3-8H2,1-2H3. The molecule has 0 bridgehead atoms. The van der Waals surface area contributed by atoms with E-state index in [9.17, 15) is 4.79 Å². The van der Waals surface area contributed by atoms with Crippen LogP contribution in [0.15, 0.2) is 0 Å². The number of hydrogen-bond acceptors (Lipinski definition) is 2. The first kappa shape index (κ1) is 9.56. The molecule has 0 aromatic heterocycles. The molecule has 12 heavy (non-hydrogen) atoms. The van der Waals surface area contributed by atoms with Gasteiger partial charge in [-0.05, 0) is 19.3 Å². The molecule has 2 nitrogen and oxygen atoms in total. The molecular formula is C10H18O2. The summed E-state index contributed by atoms with van der Waals surface area (Å²) >= 11 is 0. The van der Waals surface area contributed by atoms with Gasteiger partial charge in [-0.2, -0.15) is 0 Å². The summed E-state index contributed by atoms with van der Waals surface area (Å²) in [5.41, 5.74) is -0.340. The highest BCUT2D eigenvalue weighted by Gasteiger charge is 2.55. The van der Waals surface area contributed by atoms with E-state index in [-0.39, 0.29) is 11.6 Å². The Balaban J connectivity index is 2.10. The fraction of sp³-hybridized carbons (Fsp3) is 0.900. The summed E-state index contributed by atoms with van der Waals surface area (Å²) in [7, 11) is 0. The Labute approximate surface area is 74.3 Å². The SMILES string of the molecule is CCCCCCC1(CC)OC1=O. The van der Waals surface area contributed by atoms with Crippen molar-refractivity contribution in [3.63, 3.8) is 0 Å². The molecule has 0 radical (unpaired) electrons. The van der Waals surface area contributed by atoms with E-state index in [1.165, 1.54) is 19.3 Å². The molecule has 70 valence electrons. The summed E-state index contributed by atoms with van der Waals surface area (Å²) in [6.45, 7) is 4.21. The van der Waals surface area contributed by atoms with Crippen LogP contribution in [0, 0.1) is 0 Å². The Bertz CT molecular complexity index is 165. The van der Waals surface area contributed by atoms with Gasteiger partial charge in [0.1, 0.15) is 0 Å². The van der Waals surface area contributed by atoms with Crippen LogP contribution in [0.25, 0.3) is 0 Å². The van der Waals surface area contributed by atoms with Crippen LogP contribution >= 0.6 is 0 Å². The van der Waals surface area contributed by atoms with Gasteiger partial charge in [0.15, 0.2) is 0 Å². The third-order valence-corrected chi connectivity index (χ3v) is 2.62. The number of ether oxygens (including phenoxy) is 1. The van der Waals surface area contributed by atoms with Crippen LogP contribution in [0.4, 0.5) is 0 Å². The summed E-state index contributed by atoms with van der Waals surface area (Å²) < 4.78 is 4.99. The molecule has 2 heteroatoms. The summed E-state index contributed by atoms with van der Waals surface area (Å²) in [5.74, 6) is 0.0153. The molecule has 1 atom stereocenters. The van der Waals surface area contributed by atoms with E-state index in [4.69, 9.17) is 4.74 Å². The number of epoxide rings is 1. The molecule has 0 aromatic rings. The van der Waals surface area contributed by atoms with E-state index >= 15 is 0 Å². The van der Waals surface area contributed by atoms with E-state index < -0.39 is 0 Å². The average Bonchev–Trinajstić information content (AvgIpc) is 2.72. The Hall–Kier alpha value is -0.530. The van der Waals surface area contributed by atoms with Gasteiger partial charge in [0.2, 0.25) is 5.60 Å². The van der Waals surface area contributed by atoms with Crippen LogP contribution < -0.4 is 0 Å². The lowest BCUT2D eigenvalue weighted by atomic mass is 9.99. The Morgan fingerprint density at radius 2 is 1.92 bits per heavy atom. The van der Waals surface area contributed by atoms with E-state index in [0.717, 1.165) is 19.3 Å². The highest BCUT2D eigenvalue weighted by Crippen LogP contribution is 2.37. The van der Waals surface area contributed by atoms with Gasteiger partial charge < -0.3 is 4.74 Å². The number of carbonyl (C=O) groups is 1. The van der Waals surface area contributed by atoms with Gasteiger partial charge in [0, 0.05) is 0 Å². The van der Waals surface area contributed by atoms with Gasteiger partial charge in [-0.25, -0.2) is 4.79 Å². The second-order valence-corrected chi connectivity index (χ2v) is 3.55. The minimum Gasteiger partial charge on any atom is -0.444 e. The van der Waals surface area contributed by atoms with Crippen molar-refractivity contribution in [2.75, 3.05) is 0 Å². The molecule has 1 aliphatic rings. The fourth-order valence-corrected chi connectivity index (χ4v) is 1.54. The largest absolute Gasteiger partial charge is 0.444 e. The topological polar surface area (TPSA) is 29.6 Å². The van der Waals surface area contributed by atoms with Crippen LogP contribution in [0.1, 0.15) is 52.4 Å². The smallest absolute Gasteiger partial charge is 0.351 e. The van der Waals surface area contributed by atoms with Gasteiger partial charge >= 0.3 is 5.97 Å². The molecule has 0 N–H and O–H groups in total. The molecule has 0 aromatic carbocycles. The van der Waals surface area contributed by atoms with Crippen molar-refractivity contribution in [1.29, 1.82) is 0 Å². The molecule has 0 spiro atoms. The van der Waals surface area contributed by atoms with Crippen LogP contribution in [0.5, 0.6) is 0 Å². The molecule has 1 unspecified atom stereocenters. The van der Waals surface area contributed by atoms with Crippen molar-refractivity contribution in [2.45, 2.75) is 58.0 Å². The maximum Gasteiger partial charge on any atom is 0.351 e. The first-order valence-corrected chi connectivity index (χ1v) is 4.98. The van der Waals surface area contributed by atoms with Gasteiger partial charge in [-0.1, -0.05) is 33.1 Å². The van der Waals surface area contributed by atoms with Crippen LogP contribution in [0.3, 0.4) is 0 Å². The lowest BCUT2D eigenvalue weighted by Gasteiger charge is -2.03. The highest BCUT2D eigenvalue weighted by molar-refractivity contribution is 5.92. The lowest BCUT2D eigenvalue weighted by molar-refractivity contribution is -0.117. The zero-order valence-corrected chi connectivity index (χ0v) is 8.06. The molecular weight excluding hydrogens is 152 g/mol. The van der Waals surface area contributed by atoms with Crippen molar-refractivity contribution in [2.24, 2.45) is 0 Å². The monoisotopic (exact) mass is 170 g/mol. The minimum absolute atomic E-state index is 0.0153. The maximum absolute atomic E-state index is 10.9. The second kappa shape index (κ2) is 3.92. The van der Waals surface area contributed by atoms with Crippen molar-refractivity contribution in [1.82, 2.24) is 0 Å². The van der Waals surface area contributed by atoms with Crippen molar-refractivity contribution in [3.8, 4) is 0 Å². The number of carbonyl (C=O) groups excluding carboxylic acids is 1.